The van der Waals surface area contributed by atoms with Gasteiger partial charge in [0.1, 0.15) is 12.4 Å². The molecule has 1 rings (SSSR count). The molecule has 1 aliphatic heterocycles. The van der Waals surface area contributed by atoms with E-state index in [1.54, 1.807) is 25.0 Å². The van der Waals surface area contributed by atoms with E-state index in [1.165, 1.54) is 0 Å². The summed E-state index contributed by atoms with van der Waals surface area (Å²) in [5.74, 6) is 0.129. The normalized spacial score (nSPS) is 17.3. The minimum atomic E-state index is -0.390. The molecule has 0 aromatic carbocycles. The number of carbonyl (C=O) groups is 2. The maximum Gasteiger partial charge on any atom is 0.327 e. The van der Waals surface area contributed by atoms with Gasteiger partial charge in [0.05, 0.1) is 19.7 Å². The highest BCUT2D eigenvalue weighted by Crippen LogP contribution is 2.01. The van der Waals surface area contributed by atoms with Gasteiger partial charge in [0.15, 0.2) is 0 Å². The van der Waals surface area contributed by atoms with Crippen LogP contribution in [0, 0.1) is 0 Å². The van der Waals surface area contributed by atoms with Crippen molar-refractivity contribution in [3.63, 3.8) is 0 Å². The third-order valence-electron chi connectivity index (χ3n) is 2.24. The van der Waals surface area contributed by atoms with E-state index in [4.69, 9.17) is 4.74 Å². The number of hydrogen-bond donors (Lipinski definition) is 0. The standard InChI is InChI=1S/C11H17N3O3/c1-3-10(15)14-6-5-12-7-9(14)13-8-11(16)17-4-2/h5H,3-4,6-8H2,1-2H3. The van der Waals surface area contributed by atoms with E-state index in [1.807, 2.05) is 0 Å². The van der Waals surface area contributed by atoms with E-state index in [2.05, 4.69) is 9.98 Å². The van der Waals surface area contributed by atoms with Crippen molar-refractivity contribution in [3.8, 4) is 0 Å². The van der Waals surface area contributed by atoms with Crippen molar-refractivity contribution in [2.45, 2.75) is 20.3 Å². The minimum absolute atomic E-state index is 0.0150. The van der Waals surface area contributed by atoms with Crippen LogP contribution >= 0.6 is 0 Å². The van der Waals surface area contributed by atoms with Crippen LogP contribution < -0.4 is 0 Å². The fourth-order valence-corrected chi connectivity index (χ4v) is 1.41. The second kappa shape index (κ2) is 6.78. The Labute approximate surface area is 100 Å². The van der Waals surface area contributed by atoms with Crippen LogP contribution in [-0.2, 0) is 14.3 Å². The van der Waals surface area contributed by atoms with Gasteiger partial charge in [-0.1, -0.05) is 6.92 Å². The molecule has 0 fully saturated rings. The second-order valence-corrected chi connectivity index (χ2v) is 3.42. The molecule has 0 atom stereocenters. The zero-order valence-corrected chi connectivity index (χ0v) is 10.2. The van der Waals surface area contributed by atoms with Crippen LogP contribution in [0.1, 0.15) is 20.3 Å². The first-order valence-corrected chi connectivity index (χ1v) is 5.66. The molecular formula is C11H17N3O3. The summed E-state index contributed by atoms with van der Waals surface area (Å²) in [7, 11) is 0. The number of ether oxygens (including phenoxy) is 1. The molecule has 1 amide bonds. The Bertz CT molecular complexity index is 350. The summed E-state index contributed by atoms with van der Waals surface area (Å²) in [6, 6.07) is 0. The first-order chi connectivity index (χ1) is 8.19. The quantitative estimate of drug-likeness (QED) is 0.661. The summed E-state index contributed by atoms with van der Waals surface area (Å²) in [5.41, 5.74) is 0. The lowest BCUT2D eigenvalue weighted by molar-refractivity contribution is -0.141. The zero-order chi connectivity index (χ0) is 12.7. The molecule has 0 spiro atoms. The van der Waals surface area contributed by atoms with E-state index in [0.29, 0.717) is 32.0 Å². The number of rotatable bonds is 4. The Balaban J connectivity index is 2.65. The van der Waals surface area contributed by atoms with E-state index < -0.39 is 5.97 Å². The maximum atomic E-state index is 11.6. The smallest absolute Gasteiger partial charge is 0.327 e. The summed E-state index contributed by atoms with van der Waals surface area (Å²) < 4.78 is 4.77. The van der Waals surface area contributed by atoms with Crippen LogP contribution in [0.25, 0.3) is 0 Å². The van der Waals surface area contributed by atoms with Gasteiger partial charge in [0, 0.05) is 12.6 Å². The molecule has 0 radical (unpaired) electrons. The predicted octanol–water partition coefficient (Wildman–Crippen LogP) is 0.271. The van der Waals surface area contributed by atoms with Crippen LogP contribution in [0.4, 0.5) is 0 Å². The largest absolute Gasteiger partial charge is 0.465 e. The van der Waals surface area contributed by atoms with Crippen LogP contribution in [0.5, 0.6) is 0 Å². The summed E-state index contributed by atoms with van der Waals surface area (Å²) in [6.07, 6.45) is 2.09. The SMILES string of the molecule is CCOC(=O)CN=C1CN=CCN1C(=O)CC. The van der Waals surface area contributed by atoms with Crippen molar-refractivity contribution >= 4 is 23.9 Å². The van der Waals surface area contributed by atoms with E-state index in [-0.39, 0.29) is 12.5 Å². The van der Waals surface area contributed by atoms with Crippen LogP contribution in [0.15, 0.2) is 9.98 Å². The van der Waals surface area contributed by atoms with Gasteiger partial charge in [0.25, 0.3) is 0 Å². The summed E-state index contributed by atoms with van der Waals surface area (Å²) in [5, 5.41) is 0. The van der Waals surface area contributed by atoms with E-state index in [9.17, 15) is 9.59 Å². The Morgan fingerprint density at radius 1 is 1.53 bits per heavy atom. The number of aliphatic imine (C=N–C) groups is 2. The van der Waals surface area contributed by atoms with Gasteiger partial charge >= 0.3 is 5.97 Å². The molecule has 0 unspecified atom stereocenters. The Hall–Kier alpha value is -1.72. The molecule has 1 heterocycles. The van der Waals surface area contributed by atoms with E-state index >= 15 is 0 Å². The Morgan fingerprint density at radius 3 is 2.94 bits per heavy atom. The summed E-state index contributed by atoms with van der Waals surface area (Å²) in [4.78, 5) is 32.5. The molecule has 0 saturated heterocycles. The molecule has 6 heteroatoms. The monoisotopic (exact) mass is 239 g/mol. The summed E-state index contributed by atoms with van der Waals surface area (Å²) >= 11 is 0. The third-order valence-corrected chi connectivity index (χ3v) is 2.24. The van der Waals surface area contributed by atoms with Gasteiger partial charge in [0.2, 0.25) is 5.91 Å². The number of esters is 1. The fraction of sp³-hybridized carbons (Fsp3) is 0.636. The number of nitrogens with zero attached hydrogens (tertiary/aromatic N) is 3. The fourth-order valence-electron chi connectivity index (χ4n) is 1.41. The van der Waals surface area contributed by atoms with Gasteiger partial charge < -0.3 is 4.74 Å². The zero-order valence-electron chi connectivity index (χ0n) is 10.2. The topological polar surface area (TPSA) is 71.3 Å². The average Bonchev–Trinajstić information content (AvgIpc) is 2.36. The molecule has 0 bridgehead atoms. The Morgan fingerprint density at radius 2 is 2.29 bits per heavy atom. The van der Waals surface area contributed by atoms with Crippen LogP contribution in [0.2, 0.25) is 0 Å². The van der Waals surface area contributed by atoms with Crippen LogP contribution in [-0.4, -0.2) is 55.1 Å². The number of amidine groups is 1. The number of hydrogen-bond acceptors (Lipinski definition) is 5. The van der Waals surface area contributed by atoms with Gasteiger partial charge in [-0.3, -0.25) is 24.5 Å². The predicted molar refractivity (Wildman–Crippen MR) is 64.3 cm³/mol. The molecular weight excluding hydrogens is 222 g/mol. The molecule has 6 nitrogen and oxygen atoms in total. The van der Waals surface area contributed by atoms with Crippen molar-refractivity contribution in [2.24, 2.45) is 9.98 Å². The van der Waals surface area contributed by atoms with Crippen molar-refractivity contribution in [3.05, 3.63) is 0 Å². The van der Waals surface area contributed by atoms with Gasteiger partial charge in [-0.25, -0.2) is 0 Å². The van der Waals surface area contributed by atoms with Crippen molar-refractivity contribution in [2.75, 3.05) is 26.2 Å². The van der Waals surface area contributed by atoms with E-state index in [0.717, 1.165) is 0 Å². The molecule has 1 aliphatic rings. The lowest BCUT2D eigenvalue weighted by atomic mass is 10.3. The lowest BCUT2D eigenvalue weighted by Crippen LogP contribution is -2.42. The van der Waals surface area contributed by atoms with Gasteiger partial charge in [-0.05, 0) is 6.92 Å². The minimum Gasteiger partial charge on any atom is -0.465 e. The highest BCUT2D eigenvalue weighted by Gasteiger charge is 2.19. The van der Waals surface area contributed by atoms with Crippen LogP contribution in [0.3, 0.4) is 0 Å². The molecule has 0 N–H and O–H groups in total. The molecule has 17 heavy (non-hydrogen) atoms. The number of amides is 1. The van der Waals surface area contributed by atoms with Gasteiger partial charge in [-0.15, -0.1) is 0 Å². The second-order valence-electron chi connectivity index (χ2n) is 3.42. The van der Waals surface area contributed by atoms with Crippen molar-refractivity contribution in [1.82, 2.24) is 4.90 Å². The highest BCUT2D eigenvalue weighted by molar-refractivity contribution is 6.03. The lowest BCUT2D eigenvalue weighted by Gasteiger charge is -2.24. The molecule has 0 saturated carbocycles. The van der Waals surface area contributed by atoms with Crippen molar-refractivity contribution < 1.29 is 14.3 Å². The Kier molecular flexibility index (Phi) is 5.32. The first kappa shape index (κ1) is 13.3. The first-order valence-electron chi connectivity index (χ1n) is 5.66. The summed E-state index contributed by atoms with van der Waals surface area (Å²) in [6.45, 7) is 4.56. The highest BCUT2D eigenvalue weighted by atomic mass is 16.5. The maximum absolute atomic E-state index is 11.6. The third kappa shape index (κ3) is 3.97. The molecule has 94 valence electrons. The van der Waals surface area contributed by atoms with Crippen molar-refractivity contribution in [1.29, 1.82) is 0 Å². The molecule has 0 aromatic rings. The average molecular weight is 239 g/mol. The number of carbonyl (C=O) groups excluding carboxylic acids is 2. The molecule has 0 aromatic heterocycles. The molecule has 0 aliphatic carbocycles. The van der Waals surface area contributed by atoms with Gasteiger partial charge in [-0.2, -0.15) is 0 Å².